The fourth-order valence-corrected chi connectivity index (χ4v) is 3.08. The van der Waals surface area contributed by atoms with Gasteiger partial charge in [0, 0.05) is 25.7 Å². The second-order valence-electron chi connectivity index (χ2n) is 7.29. The van der Waals surface area contributed by atoms with E-state index in [9.17, 15) is 0 Å². The Bertz CT molecular complexity index is 488. The molecule has 1 saturated carbocycles. The Kier molecular flexibility index (Phi) is 4.92. The number of ether oxygens (including phenoxy) is 1. The van der Waals surface area contributed by atoms with Gasteiger partial charge in [0.25, 0.3) is 0 Å². The second-order valence-corrected chi connectivity index (χ2v) is 7.29. The van der Waals surface area contributed by atoms with Crippen molar-refractivity contribution in [1.29, 1.82) is 0 Å². The summed E-state index contributed by atoms with van der Waals surface area (Å²) >= 11 is 0. The van der Waals surface area contributed by atoms with E-state index in [1.165, 1.54) is 36.9 Å². The summed E-state index contributed by atoms with van der Waals surface area (Å²) in [6, 6.07) is 7.51. The van der Waals surface area contributed by atoms with Gasteiger partial charge in [0.05, 0.1) is 11.8 Å². The lowest BCUT2D eigenvalue weighted by Crippen LogP contribution is -2.33. The van der Waals surface area contributed by atoms with Crippen molar-refractivity contribution in [3.8, 4) is 5.75 Å². The molecule has 1 aliphatic carbocycles. The molecular formula is C19H30N2O. The molecule has 22 heavy (non-hydrogen) atoms. The summed E-state index contributed by atoms with van der Waals surface area (Å²) in [7, 11) is 0. The van der Waals surface area contributed by atoms with Crippen molar-refractivity contribution in [3.63, 3.8) is 0 Å². The average molecular weight is 302 g/mol. The molecule has 1 N–H and O–H groups in total. The molecule has 3 rings (SSSR count). The van der Waals surface area contributed by atoms with E-state index in [0.717, 1.165) is 37.3 Å². The first kappa shape index (κ1) is 15.7. The lowest BCUT2D eigenvalue weighted by molar-refractivity contribution is 0.242. The fourth-order valence-electron chi connectivity index (χ4n) is 3.08. The summed E-state index contributed by atoms with van der Waals surface area (Å²) in [5.41, 5.74) is 2.60. The van der Waals surface area contributed by atoms with E-state index in [0.29, 0.717) is 0 Å². The van der Waals surface area contributed by atoms with Crippen molar-refractivity contribution in [2.45, 2.75) is 65.1 Å². The lowest BCUT2D eigenvalue weighted by Gasteiger charge is -2.33. The second kappa shape index (κ2) is 6.91. The van der Waals surface area contributed by atoms with E-state index in [4.69, 9.17) is 4.74 Å². The maximum Gasteiger partial charge on any atom is 0.143 e. The van der Waals surface area contributed by atoms with Crippen molar-refractivity contribution in [2.75, 3.05) is 18.0 Å². The number of anilines is 1. The molecule has 0 bridgehead atoms. The van der Waals surface area contributed by atoms with Gasteiger partial charge in [0.15, 0.2) is 0 Å². The molecule has 122 valence electrons. The van der Waals surface area contributed by atoms with Crippen LogP contribution in [-0.4, -0.2) is 25.2 Å². The number of hydrogen-bond acceptors (Lipinski definition) is 3. The van der Waals surface area contributed by atoms with Crippen LogP contribution in [0.2, 0.25) is 0 Å². The van der Waals surface area contributed by atoms with Gasteiger partial charge >= 0.3 is 0 Å². The van der Waals surface area contributed by atoms with Crippen LogP contribution in [0.4, 0.5) is 5.69 Å². The van der Waals surface area contributed by atoms with E-state index in [1.807, 2.05) is 0 Å². The number of benzene rings is 1. The van der Waals surface area contributed by atoms with Crippen LogP contribution in [-0.2, 0) is 6.54 Å². The minimum Gasteiger partial charge on any atom is -0.489 e. The van der Waals surface area contributed by atoms with Crippen molar-refractivity contribution >= 4 is 5.69 Å². The quantitative estimate of drug-likeness (QED) is 0.861. The predicted molar refractivity (Wildman–Crippen MR) is 92.7 cm³/mol. The van der Waals surface area contributed by atoms with Gasteiger partial charge in [0.2, 0.25) is 0 Å². The van der Waals surface area contributed by atoms with Crippen molar-refractivity contribution in [1.82, 2.24) is 5.32 Å². The Morgan fingerprint density at radius 2 is 1.91 bits per heavy atom. The van der Waals surface area contributed by atoms with Gasteiger partial charge in [-0.3, -0.25) is 0 Å². The van der Waals surface area contributed by atoms with Crippen LogP contribution in [0.1, 0.15) is 52.0 Å². The highest BCUT2D eigenvalue weighted by Gasteiger charge is 2.22. The van der Waals surface area contributed by atoms with Crippen LogP contribution in [0, 0.1) is 5.92 Å². The zero-order valence-corrected chi connectivity index (χ0v) is 14.3. The Morgan fingerprint density at radius 1 is 1.18 bits per heavy atom. The topological polar surface area (TPSA) is 24.5 Å². The van der Waals surface area contributed by atoms with Gasteiger partial charge < -0.3 is 15.0 Å². The zero-order chi connectivity index (χ0) is 15.5. The van der Waals surface area contributed by atoms with Gasteiger partial charge in [-0.2, -0.15) is 0 Å². The molecule has 1 aromatic carbocycles. The van der Waals surface area contributed by atoms with Crippen LogP contribution < -0.4 is 15.0 Å². The molecule has 1 heterocycles. The van der Waals surface area contributed by atoms with Crippen molar-refractivity contribution in [2.24, 2.45) is 5.92 Å². The van der Waals surface area contributed by atoms with Gasteiger partial charge in [-0.25, -0.2) is 0 Å². The number of nitrogens with one attached hydrogen (secondary N) is 1. The minimum absolute atomic E-state index is 0.217. The van der Waals surface area contributed by atoms with E-state index in [2.05, 4.69) is 49.2 Å². The standard InChI is InChI=1S/C19H30N2O/c1-14(2)22-19-12-16(13-20-17-5-6-17)4-7-18(19)21-10-8-15(3)9-11-21/h4,7,12,14-15,17,20H,5-6,8-11,13H2,1-3H3. The molecule has 2 aliphatic rings. The molecule has 1 aliphatic heterocycles. The zero-order valence-electron chi connectivity index (χ0n) is 14.3. The molecular weight excluding hydrogens is 272 g/mol. The summed E-state index contributed by atoms with van der Waals surface area (Å²) in [6.45, 7) is 9.82. The highest BCUT2D eigenvalue weighted by Crippen LogP contribution is 2.33. The summed E-state index contributed by atoms with van der Waals surface area (Å²) in [6.07, 6.45) is 5.45. The molecule has 0 atom stereocenters. The summed E-state index contributed by atoms with van der Waals surface area (Å²) in [5, 5.41) is 3.59. The number of piperidine rings is 1. The van der Waals surface area contributed by atoms with Crippen LogP contribution in [0.25, 0.3) is 0 Å². The van der Waals surface area contributed by atoms with Crippen LogP contribution >= 0.6 is 0 Å². The summed E-state index contributed by atoms with van der Waals surface area (Å²) < 4.78 is 6.12. The molecule has 0 radical (unpaired) electrons. The molecule has 3 nitrogen and oxygen atoms in total. The van der Waals surface area contributed by atoms with Gasteiger partial charge in [0.1, 0.15) is 5.75 Å². The smallest absolute Gasteiger partial charge is 0.143 e. The molecule has 0 amide bonds. The Morgan fingerprint density at radius 3 is 2.55 bits per heavy atom. The minimum atomic E-state index is 0.217. The number of hydrogen-bond donors (Lipinski definition) is 1. The normalized spacial score (nSPS) is 19.7. The lowest BCUT2D eigenvalue weighted by atomic mass is 9.98. The van der Waals surface area contributed by atoms with E-state index in [1.54, 1.807) is 0 Å². The maximum absolute atomic E-state index is 6.12. The SMILES string of the molecule is CC1CCN(c2ccc(CNC3CC3)cc2OC(C)C)CC1. The fraction of sp³-hybridized carbons (Fsp3) is 0.684. The molecule has 1 aromatic rings. The number of rotatable bonds is 6. The van der Waals surface area contributed by atoms with Gasteiger partial charge in [-0.15, -0.1) is 0 Å². The molecule has 0 spiro atoms. The van der Waals surface area contributed by atoms with Crippen LogP contribution in [0.15, 0.2) is 18.2 Å². The molecule has 2 fully saturated rings. The summed E-state index contributed by atoms with van der Waals surface area (Å²) in [5.74, 6) is 1.91. The average Bonchev–Trinajstić information content (AvgIpc) is 3.30. The van der Waals surface area contributed by atoms with Crippen LogP contribution in [0.5, 0.6) is 5.75 Å². The molecule has 1 saturated heterocycles. The van der Waals surface area contributed by atoms with Crippen molar-refractivity contribution < 1.29 is 4.74 Å². The largest absolute Gasteiger partial charge is 0.489 e. The van der Waals surface area contributed by atoms with Crippen molar-refractivity contribution in [3.05, 3.63) is 23.8 Å². The third-order valence-corrected chi connectivity index (χ3v) is 4.68. The monoisotopic (exact) mass is 302 g/mol. The number of nitrogens with zero attached hydrogens (tertiary/aromatic N) is 1. The summed E-state index contributed by atoms with van der Waals surface area (Å²) in [4.78, 5) is 2.50. The Balaban J connectivity index is 1.74. The third-order valence-electron chi connectivity index (χ3n) is 4.68. The van der Waals surface area contributed by atoms with E-state index in [-0.39, 0.29) is 6.10 Å². The first-order chi connectivity index (χ1) is 10.6. The molecule has 0 unspecified atom stereocenters. The van der Waals surface area contributed by atoms with E-state index >= 15 is 0 Å². The van der Waals surface area contributed by atoms with Gasteiger partial charge in [-0.1, -0.05) is 13.0 Å². The maximum atomic E-state index is 6.12. The highest BCUT2D eigenvalue weighted by atomic mass is 16.5. The van der Waals surface area contributed by atoms with E-state index < -0.39 is 0 Å². The molecule has 0 aromatic heterocycles. The van der Waals surface area contributed by atoms with Gasteiger partial charge in [-0.05, 0) is 63.1 Å². The third kappa shape index (κ3) is 4.16. The Hall–Kier alpha value is -1.22. The van der Waals surface area contributed by atoms with Crippen LogP contribution in [0.3, 0.4) is 0 Å². The first-order valence-electron chi connectivity index (χ1n) is 8.89. The predicted octanol–water partition coefficient (Wildman–Crippen LogP) is 3.96. The Labute approximate surface area is 135 Å². The molecule has 3 heteroatoms. The first-order valence-corrected chi connectivity index (χ1v) is 8.89. The highest BCUT2D eigenvalue weighted by molar-refractivity contribution is 5.60.